The minimum atomic E-state index is -3.99. The van der Waals surface area contributed by atoms with Crippen molar-refractivity contribution in [2.75, 3.05) is 11.9 Å². The molecule has 2 N–H and O–H groups in total. The van der Waals surface area contributed by atoms with Gasteiger partial charge in [0.15, 0.2) is 0 Å². The summed E-state index contributed by atoms with van der Waals surface area (Å²) in [7, 11) is 0. The highest BCUT2D eigenvalue weighted by Gasteiger charge is 2.25. The fraction of sp³-hybridized carbons (Fsp3) is 0.708. The Kier molecular flexibility index (Phi) is 13.3. The van der Waals surface area contributed by atoms with Gasteiger partial charge in [-0.3, -0.25) is 0 Å². The zero-order valence-electron chi connectivity index (χ0n) is 18.3. The minimum Gasteiger partial charge on any atom is -0.478 e. The van der Waals surface area contributed by atoms with Crippen LogP contribution in [0.1, 0.15) is 106 Å². The van der Waals surface area contributed by atoms with Gasteiger partial charge in [0, 0.05) is 18.7 Å². The van der Waals surface area contributed by atoms with Crippen LogP contribution in [0, 0.1) is 6.92 Å². The molecule has 30 heavy (non-hydrogen) atoms. The quantitative estimate of drug-likeness (QED) is 0.246. The van der Waals surface area contributed by atoms with Crippen molar-refractivity contribution in [1.82, 2.24) is 0 Å². The summed E-state index contributed by atoms with van der Waals surface area (Å²) in [6.45, 7) is 2.71. The third kappa shape index (κ3) is 13.5. The Hall–Kier alpha value is -1.72. The molecular weight excluding hydrogens is 391 g/mol. The number of anilines is 1. The third-order valence-electron chi connectivity index (χ3n) is 5.42. The Morgan fingerprint density at radius 1 is 0.833 bits per heavy atom. The van der Waals surface area contributed by atoms with Crippen LogP contribution in [0.25, 0.3) is 0 Å². The van der Waals surface area contributed by atoms with Crippen LogP contribution in [-0.2, 0) is 0 Å². The summed E-state index contributed by atoms with van der Waals surface area (Å²) in [6, 6.07) is 5.35. The van der Waals surface area contributed by atoms with Crippen molar-refractivity contribution in [3.63, 3.8) is 0 Å². The molecule has 0 aliphatic rings. The SMILES string of the molecule is Cc1cc(NCCCCCCCCCCCCCCCC(F)(F)F)ccc1C(=O)O. The second-order valence-corrected chi connectivity index (χ2v) is 8.22. The van der Waals surface area contributed by atoms with E-state index in [1.807, 2.05) is 19.1 Å². The number of aromatic carboxylic acids is 1. The van der Waals surface area contributed by atoms with Crippen LogP contribution >= 0.6 is 0 Å². The summed E-state index contributed by atoms with van der Waals surface area (Å²) >= 11 is 0. The van der Waals surface area contributed by atoms with Gasteiger partial charge in [0.2, 0.25) is 0 Å². The summed E-state index contributed by atoms with van der Waals surface area (Å²) in [5, 5.41) is 12.4. The predicted octanol–water partition coefficient (Wildman–Crippen LogP) is 8.13. The van der Waals surface area contributed by atoms with Gasteiger partial charge in [-0.25, -0.2) is 4.79 Å². The van der Waals surface area contributed by atoms with Crippen molar-refractivity contribution in [2.24, 2.45) is 0 Å². The monoisotopic (exact) mass is 429 g/mol. The summed E-state index contributed by atoms with van der Waals surface area (Å²) in [5.41, 5.74) is 2.09. The lowest BCUT2D eigenvalue weighted by molar-refractivity contribution is -0.135. The van der Waals surface area contributed by atoms with Crippen molar-refractivity contribution in [1.29, 1.82) is 0 Å². The van der Waals surface area contributed by atoms with Crippen molar-refractivity contribution in [3.05, 3.63) is 29.3 Å². The van der Waals surface area contributed by atoms with Crippen LogP contribution in [-0.4, -0.2) is 23.8 Å². The number of carbonyl (C=O) groups is 1. The molecule has 0 fully saturated rings. The molecule has 0 saturated heterocycles. The predicted molar refractivity (Wildman–Crippen MR) is 117 cm³/mol. The molecule has 0 radical (unpaired) electrons. The van der Waals surface area contributed by atoms with Crippen molar-refractivity contribution in [3.8, 4) is 0 Å². The molecule has 0 bridgehead atoms. The molecule has 0 aliphatic carbocycles. The minimum absolute atomic E-state index is 0.273. The second-order valence-electron chi connectivity index (χ2n) is 8.22. The Labute approximate surface area is 179 Å². The molecule has 0 spiro atoms. The van der Waals surface area contributed by atoms with Gasteiger partial charge in [-0.1, -0.05) is 70.6 Å². The maximum Gasteiger partial charge on any atom is 0.389 e. The summed E-state index contributed by atoms with van der Waals surface area (Å²) < 4.78 is 36.1. The third-order valence-corrected chi connectivity index (χ3v) is 5.42. The highest BCUT2D eigenvalue weighted by atomic mass is 19.4. The first-order valence-corrected chi connectivity index (χ1v) is 11.4. The Morgan fingerprint density at radius 3 is 1.73 bits per heavy atom. The lowest BCUT2D eigenvalue weighted by atomic mass is 10.0. The Bertz CT molecular complexity index is 603. The van der Waals surface area contributed by atoms with E-state index in [1.165, 1.54) is 44.9 Å². The van der Waals surface area contributed by atoms with E-state index in [1.54, 1.807) is 6.07 Å². The average Bonchev–Trinajstić information content (AvgIpc) is 2.66. The fourth-order valence-electron chi connectivity index (χ4n) is 3.64. The van der Waals surface area contributed by atoms with Crippen LogP contribution in [0.15, 0.2) is 18.2 Å². The molecule has 0 atom stereocenters. The number of benzene rings is 1. The Morgan fingerprint density at radius 2 is 1.30 bits per heavy atom. The number of carboxylic acids is 1. The van der Waals surface area contributed by atoms with Gasteiger partial charge in [-0.2, -0.15) is 13.2 Å². The van der Waals surface area contributed by atoms with Crippen molar-refractivity contribution < 1.29 is 23.1 Å². The van der Waals surface area contributed by atoms with E-state index >= 15 is 0 Å². The highest BCUT2D eigenvalue weighted by molar-refractivity contribution is 5.89. The molecule has 1 aromatic rings. The average molecular weight is 430 g/mol. The molecule has 1 aromatic carbocycles. The number of hydrogen-bond acceptors (Lipinski definition) is 2. The van der Waals surface area contributed by atoms with E-state index in [0.29, 0.717) is 12.0 Å². The van der Waals surface area contributed by atoms with E-state index in [-0.39, 0.29) is 6.42 Å². The van der Waals surface area contributed by atoms with Gasteiger partial charge in [0.05, 0.1) is 5.56 Å². The molecule has 0 heterocycles. The number of rotatable bonds is 17. The zero-order chi connectivity index (χ0) is 22.2. The van der Waals surface area contributed by atoms with E-state index < -0.39 is 18.6 Å². The summed E-state index contributed by atoms with van der Waals surface area (Å²) in [4.78, 5) is 11.0. The van der Waals surface area contributed by atoms with Gasteiger partial charge in [0.1, 0.15) is 0 Å². The molecular formula is C24H38F3NO2. The summed E-state index contributed by atoms with van der Waals surface area (Å²) in [6.07, 6.45) is 9.19. The van der Waals surface area contributed by atoms with Crippen LogP contribution in [0.2, 0.25) is 0 Å². The normalized spacial score (nSPS) is 11.6. The lowest BCUT2D eigenvalue weighted by Crippen LogP contribution is -2.06. The molecule has 3 nitrogen and oxygen atoms in total. The van der Waals surface area contributed by atoms with Gasteiger partial charge in [0.25, 0.3) is 0 Å². The smallest absolute Gasteiger partial charge is 0.389 e. The molecule has 0 unspecified atom stereocenters. The van der Waals surface area contributed by atoms with Crippen LogP contribution in [0.5, 0.6) is 0 Å². The molecule has 0 aromatic heterocycles. The van der Waals surface area contributed by atoms with E-state index in [0.717, 1.165) is 43.5 Å². The zero-order valence-corrected chi connectivity index (χ0v) is 18.3. The first-order valence-electron chi connectivity index (χ1n) is 11.4. The molecule has 1 rings (SSSR count). The standard InChI is InChI=1S/C24H38F3NO2/c1-20-19-21(15-16-22(20)23(29)30)28-18-14-12-10-8-6-4-2-3-5-7-9-11-13-17-24(25,26)27/h15-16,19,28H,2-14,17-18H2,1H3,(H,29,30). The van der Waals surface area contributed by atoms with E-state index in [2.05, 4.69) is 5.32 Å². The van der Waals surface area contributed by atoms with Gasteiger partial charge >= 0.3 is 12.1 Å². The van der Waals surface area contributed by atoms with E-state index in [9.17, 15) is 18.0 Å². The first-order chi connectivity index (χ1) is 14.3. The summed E-state index contributed by atoms with van der Waals surface area (Å²) in [5.74, 6) is -0.890. The maximum atomic E-state index is 12.0. The van der Waals surface area contributed by atoms with Crippen LogP contribution < -0.4 is 5.32 Å². The van der Waals surface area contributed by atoms with Crippen LogP contribution in [0.4, 0.5) is 18.9 Å². The van der Waals surface area contributed by atoms with E-state index in [4.69, 9.17) is 5.11 Å². The molecule has 6 heteroatoms. The topological polar surface area (TPSA) is 49.3 Å². The number of alkyl halides is 3. The van der Waals surface area contributed by atoms with Gasteiger partial charge < -0.3 is 10.4 Å². The molecule has 0 saturated carbocycles. The highest BCUT2D eigenvalue weighted by Crippen LogP contribution is 2.23. The number of aryl methyl sites for hydroxylation is 1. The molecule has 0 aliphatic heterocycles. The van der Waals surface area contributed by atoms with Crippen molar-refractivity contribution in [2.45, 2.75) is 103 Å². The van der Waals surface area contributed by atoms with Gasteiger partial charge in [-0.15, -0.1) is 0 Å². The maximum absolute atomic E-state index is 12.0. The lowest BCUT2D eigenvalue weighted by Gasteiger charge is -2.09. The van der Waals surface area contributed by atoms with Gasteiger partial charge in [-0.05, 0) is 43.5 Å². The number of unbranched alkanes of at least 4 members (excludes halogenated alkanes) is 12. The Balaban J connectivity index is 1.86. The molecule has 172 valence electrons. The number of nitrogens with one attached hydrogen (secondary N) is 1. The fourth-order valence-corrected chi connectivity index (χ4v) is 3.64. The number of carboxylic acid groups (broad SMARTS) is 1. The van der Waals surface area contributed by atoms with Crippen LogP contribution in [0.3, 0.4) is 0 Å². The number of hydrogen-bond donors (Lipinski definition) is 2. The first kappa shape index (κ1) is 26.3. The second kappa shape index (κ2) is 15.1. The molecule has 0 amide bonds. The number of halogens is 3. The van der Waals surface area contributed by atoms with Crippen molar-refractivity contribution >= 4 is 11.7 Å². The largest absolute Gasteiger partial charge is 0.478 e.